The molecule has 13 heavy (non-hydrogen) atoms. The molecule has 1 aromatic rings. The number of nitrogens with two attached hydrogens (primary N) is 1. The average molecular weight is 188 g/mol. The fourth-order valence-electron chi connectivity index (χ4n) is 1.10. The number of nitrogens with zero attached hydrogens (tertiary/aromatic N) is 1. The third kappa shape index (κ3) is 1.68. The number of alkyl halides is 2. The van der Waals surface area contributed by atoms with E-state index in [2.05, 4.69) is 4.98 Å². The van der Waals surface area contributed by atoms with Crippen LogP contribution in [0.25, 0.3) is 0 Å². The van der Waals surface area contributed by atoms with E-state index in [-0.39, 0.29) is 17.1 Å². The largest absolute Gasteiger partial charge is 0.492 e. The second-order valence-electron chi connectivity index (χ2n) is 2.57. The second kappa shape index (κ2) is 3.55. The number of hydrogen-bond donors (Lipinski definition) is 1. The maximum Gasteiger partial charge on any atom is 0.267 e. The summed E-state index contributed by atoms with van der Waals surface area (Å²) in [6, 6.07) is 0. The van der Waals surface area contributed by atoms with Gasteiger partial charge in [0, 0.05) is 6.20 Å². The van der Waals surface area contributed by atoms with Crippen molar-refractivity contribution in [2.75, 3.05) is 12.8 Å². The molecule has 3 nitrogen and oxygen atoms in total. The topological polar surface area (TPSA) is 48.1 Å². The van der Waals surface area contributed by atoms with Crippen LogP contribution in [0.4, 0.5) is 14.6 Å². The van der Waals surface area contributed by atoms with Crippen LogP contribution in [0.5, 0.6) is 5.75 Å². The quantitative estimate of drug-likeness (QED) is 0.771. The zero-order valence-electron chi connectivity index (χ0n) is 7.34. The SMILES string of the molecule is COc1c(N)ncc(C)c1C(F)F. The van der Waals surface area contributed by atoms with Gasteiger partial charge in [0.2, 0.25) is 0 Å². The Balaban J connectivity index is 3.35. The normalized spacial score (nSPS) is 10.5. The summed E-state index contributed by atoms with van der Waals surface area (Å²) in [4.78, 5) is 3.71. The molecular formula is C8H10F2N2O. The Kier molecular flexibility index (Phi) is 2.65. The molecule has 0 bridgehead atoms. The molecule has 0 aliphatic rings. The highest BCUT2D eigenvalue weighted by atomic mass is 19.3. The lowest BCUT2D eigenvalue weighted by atomic mass is 10.1. The second-order valence-corrected chi connectivity index (χ2v) is 2.57. The van der Waals surface area contributed by atoms with Gasteiger partial charge in [-0.15, -0.1) is 0 Å². The molecule has 0 saturated carbocycles. The van der Waals surface area contributed by atoms with Gasteiger partial charge in [-0.05, 0) is 12.5 Å². The zero-order chi connectivity index (χ0) is 10.0. The first kappa shape index (κ1) is 9.70. The molecule has 0 unspecified atom stereocenters. The first-order chi connectivity index (χ1) is 6.07. The molecule has 1 rings (SSSR count). The van der Waals surface area contributed by atoms with Crippen molar-refractivity contribution in [3.63, 3.8) is 0 Å². The van der Waals surface area contributed by atoms with Crippen LogP contribution in [0.1, 0.15) is 17.6 Å². The molecule has 0 radical (unpaired) electrons. The van der Waals surface area contributed by atoms with Crippen molar-refractivity contribution in [3.05, 3.63) is 17.3 Å². The molecule has 0 amide bonds. The van der Waals surface area contributed by atoms with E-state index >= 15 is 0 Å². The zero-order valence-corrected chi connectivity index (χ0v) is 7.34. The number of aryl methyl sites for hydroxylation is 1. The van der Waals surface area contributed by atoms with E-state index in [1.807, 2.05) is 0 Å². The van der Waals surface area contributed by atoms with Crippen LogP contribution in [0.2, 0.25) is 0 Å². The molecule has 0 spiro atoms. The van der Waals surface area contributed by atoms with Crippen molar-refractivity contribution in [3.8, 4) is 5.75 Å². The minimum atomic E-state index is -2.60. The summed E-state index contributed by atoms with van der Waals surface area (Å²) in [5.74, 6) is -0.0431. The Bertz CT molecular complexity index is 315. The lowest BCUT2D eigenvalue weighted by Crippen LogP contribution is -2.02. The number of anilines is 1. The number of methoxy groups -OCH3 is 1. The average Bonchev–Trinajstić information content (AvgIpc) is 2.07. The standard InChI is InChI=1S/C8H10F2N2O/c1-4-3-12-8(11)6(13-2)5(4)7(9)10/h3,7H,1-2H3,(H2,11,12). The van der Waals surface area contributed by atoms with Crippen LogP contribution < -0.4 is 10.5 Å². The van der Waals surface area contributed by atoms with Gasteiger partial charge in [0.1, 0.15) is 0 Å². The van der Waals surface area contributed by atoms with Crippen molar-refractivity contribution in [1.29, 1.82) is 0 Å². The lowest BCUT2D eigenvalue weighted by Gasteiger charge is -2.11. The van der Waals surface area contributed by atoms with Crippen LogP contribution in [-0.2, 0) is 0 Å². The summed E-state index contributed by atoms with van der Waals surface area (Å²) >= 11 is 0. The third-order valence-electron chi connectivity index (χ3n) is 1.72. The van der Waals surface area contributed by atoms with Gasteiger partial charge in [-0.3, -0.25) is 0 Å². The molecule has 0 aromatic carbocycles. The number of pyridine rings is 1. The Morgan fingerprint density at radius 3 is 2.54 bits per heavy atom. The van der Waals surface area contributed by atoms with Crippen molar-refractivity contribution < 1.29 is 13.5 Å². The number of halogens is 2. The van der Waals surface area contributed by atoms with Crippen LogP contribution in [0.3, 0.4) is 0 Å². The molecule has 0 saturated heterocycles. The fraction of sp³-hybridized carbons (Fsp3) is 0.375. The highest BCUT2D eigenvalue weighted by Gasteiger charge is 2.19. The predicted molar refractivity (Wildman–Crippen MR) is 44.9 cm³/mol. The van der Waals surface area contributed by atoms with Crippen LogP contribution in [-0.4, -0.2) is 12.1 Å². The Hall–Kier alpha value is -1.39. The number of hydrogen-bond acceptors (Lipinski definition) is 3. The Morgan fingerprint density at radius 2 is 2.15 bits per heavy atom. The molecule has 0 atom stereocenters. The molecule has 1 aromatic heterocycles. The van der Waals surface area contributed by atoms with Gasteiger partial charge in [-0.2, -0.15) is 0 Å². The van der Waals surface area contributed by atoms with Gasteiger partial charge in [-0.25, -0.2) is 13.8 Å². The monoisotopic (exact) mass is 188 g/mol. The highest BCUT2D eigenvalue weighted by Crippen LogP contribution is 2.34. The summed E-state index contributed by atoms with van der Waals surface area (Å²) in [6.07, 6.45) is -1.29. The van der Waals surface area contributed by atoms with E-state index < -0.39 is 6.43 Å². The van der Waals surface area contributed by atoms with Crippen molar-refractivity contribution in [1.82, 2.24) is 4.98 Å². The fourth-order valence-corrected chi connectivity index (χ4v) is 1.10. The first-order valence-electron chi connectivity index (χ1n) is 3.65. The van der Waals surface area contributed by atoms with Gasteiger partial charge in [-0.1, -0.05) is 0 Å². The van der Waals surface area contributed by atoms with Gasteiger partial charge < -0.3 is 10.5 Å². The number of nitrogen functional groups attached to an aromatic ring is 1. The summed E-state index contributed by atoms with van der Waals surface area (Å²) in [6.45, 7) is 1.54. The van der Waals surface area contributed by atoms with Crippen LogP contribution in [0, 0.1) is 6.92 Å². The lowest BCUT2D eigenvalue weighted by molar-refractivity contribution is 0.146. The molecule has 0 fully saturated rings. The summed E-state index contributed by atoms with van der Waals surface area (Å²) in [5, 5.41) is 0. The van der Waals surface area contributed by atoms with E-state index in [0.29, 0.717) is 5.56 Å². The first-order valence-corrected chi connectivity index (χ1v) is 3.65. The molecular weight excluding hydrogens is 178 g/mol. The molecule has 72 valence electrons. The minimum absolute atomic E-state index is 0.0107. The number of rotatable bonds is 2. The van der Waals surface area contributed by atoms with E-state index in [1.54, 1.807) is 0 Å². The summed E-state index contributed by atoms with van der Waals surface area (Å²) < 4.78 is 29.7. The molecule has 1 heterocycles. The van der Waals surface area contributed by atoms with E-state index in [9.17, 15) is 8.78 Å². The minimum Gasteiger partial charge on any atom is -0.492 e. The smallest absolute Gasteiger partial charge is 0.267 e. The maximum absolute atomic E-state index is 12.5. The third-order valence-corrected chi connectivity index (χ3v) is 1.72. The van der Waals surface area contributed by atoms with E-state index in [1.165, 1.54) is 20.2 Å². The van der Waals surface area contributed by atoms with Gasteiger partial charge in [0.15, 0.2) is 11.6 Å². The molecule has 2 N–H and O–H groups in total. The number of aromatic nitrogens is 1. The maximum atomic E-state index is 12.5. The van der Waals surface area contributed by atoms with Gasteiger partial charge in [0.05, 0.1) is 12.7 Å². The Labute approximate surface area is 74.5 Å². The molecule has 0 aliphatic carbocycles. The van der Waals surface area contributed by atoms with Crippen LogP contribution in [0.15, 0.2) is 6.20 Å². The van der Waals surface area contributed by atoms with E-state index in [0.717, 1.165) is 0 Å². The highest BCUT2D eigenvalue weighted by molar-refractivity contribution is 5.54. The van der Waals surface area contributed by atoms with Crippen molar-refractivity contribution in [2.45, 2.75) is 13.3 Å². The van der Waals surface area contributed by atoms with Crippen molar-refractivity contribution >= 4 is 5.82 Å². The van der Waals surface area contributed by atoms with Gasteiger partial charge >= 0.3 is 0 Å². The summed E-state index contributed by atoms with van der Waals surface area (Å²) in [5.41, 5.74) is 5.56. The van der Waals surface area contributed by atoms with Crippen molar-refractivity contribution in [2.24, 2.45) is 0 Å². The summed E-state index contributed by atoms with van der Waals surface area (Å²) in [7, 11) is 1.29. The van der Waals surface area contributed by atoms with Crippen LogP contribution >= 0.6 is 0 Å². The molecule has 5 heteroatoms. The predicted octanol–water partition coefficient (Wildman–Crippen LogP) is 1.92. The van der Waals surface area contributed by atoms with E-state index in [4.69, 9.17) is 10.5 Å². The Morgan fingerprint density at radius 1 is 1.54 bits per heavy atom. The molecule has 0 aliphatic heterocycles. The number of ether oxygens (including phenoxy) is 1. The van der Waals surface area contributed by atoms with Gasteiger partial charge in [0.25, 0.3) is 6.43 Å².